The summed E-state index contributed by atoms with van der Waals surface area (Å²) < 4.78 is 0. The normalized spacial score (nSPS) is 12.4. The van der Waals surface area contributed by atoms with Gasteiger partial charge in [0, 0.05) is 0 Å². The first-order valence-corrected chi connectivity index (χ1v) is 7.64. The number of rotatable bonds is 13. The maximum atomic E-state index is 11.6. The van der Waals surface area contributed by atoms with Crippen LogP contribution >= 0.6 is 0 Å². The van der Waals surface area contributed by atoms with Crippen LogP contribution in [0.4, 0.5) is 0 Å². The number of allylic oxidation sites excluding steroid dienone is 2. The van der Waals surface area contributed by atoms with Gasteiger partial charge in [-0.05, 0) is 18.9 Å². The van der Waals surface area contributed by atoms with Crippen molar-refractivity contribution in [1.82, 2.24) is 0 Å². The van der Waals surface area contributed by atoms with E-state index < -0.39 is 30.1 Å². The topological polar surface area (TPSA) is 91.7 Å². The summed E-state index contributed by atoms with van der Waals surface area (Å²) in [6.07, 6.45) is 11.1. The van der Waals surface area contributed by atoms with E-state index in [4.69, 9.17) is 10.2 Å². The highest BCUT2D eigenvalue weighted by molar-refractivity contribution is 6.06. The highest BCUT2D eigenvalue weighted by Crippen LogP contribution is 2.10. The molecule has 0 aliphatic rings. The predicted octanol–water partition coefficient (Wildman–Crippen LogP) is 3.43. The van der Waals surface area contributed by atoms with Crippen LogP contribution in [0.1, 0.15) is 64.7 Å². The van der Waals surface area contributed by atoms with E-state index >= 15 is 0 Å². The summed E-state index contributed by atoms with van der Waals surface area (Å²) in [7, 11) is 0. The van der Waals surface area contributed by atoms with Crippen LogP contribution in [0.15, 0.2) is 12.2 Å². The van der Waals surface area contributed by atoms with Crippen molar-refractivity contribution < 1.29 is 24.6 Å². The van der Waals surface area contributed by atoms with Gasteiger partial charge in [-0.3, -0.25) is 14.4 Å². The summed E-state index contributed by atoms with van der Waals surface area (Å²) in [4.78, 5) is 32.9. The quantitative estimate of drug-likeness (QED) is 0.309. The highest BCUT2D eigenvalue weighted by atomic mass is 16.4. The zero-order chi connectivity index (χ0) is 16.1. The van der Waals surface area contributed by atoms with Crippen LogP contribution in [0.5, 0.6) is 0 Å². The lowest BCUT2D eigenvalue weighted by molar-refractivity contribution is -0.151. The first-order chi connectivity index (χ1) is 9.99. The second kappa shape index (κ2) is 12.1. The molecule has 2 N–H and O–H groups in total. The zero-order valence-electron chi connectivity index (χ0n) is 12.7. The molecule has 0 amide bonds. The van der Waals surface area contributed by atoms with E-state index in [0.717, 1.165) is 19.3 Å². The first kappa shape index (κ1) is 19.4. The molecule has 5 heteroatoms. The molecule has 21 heavy (non-hydrogen) atoms. The maximum absolute atomic E-state index is 11.6. The molecule has 0 aliphatic heterocycles. The monoisotopic (exact) mass is 298 g/mol. The molecule has 0 radical (unpaired) electrons. The molecule has 1 unspecified atom stereocenters. The fourth-order valence-electron chi connectivity index (χ4n) is 2.02. The average molecular weight is 298 g/mol. The Kier molecular flexibility index (Phi) is 11.2. The molecule has 0 saturated carbocycles. The van der Waals surface area contributed by atoms with Crippen molar-refractivity contribution in [2.24, 2.45) is 5.92 Å². The third-order valence-corrected chi connectivity index (χ3v) is 3.28. The fourth-order valence-corrected chi connectivity index (χ4v) is 2.02. The lowest BCUT2D eigenvalue weighted by Crippen LogP contribution is -2.25. The smallest absolute Gasteiger partial charge is 0.315 e. The minimum atomic E-state index is -1.48. The predicted molar refractivity (Wildman–Crippen MR) is 80.1 cm³/mol. The summed E-state index contributed by atoms with van der Waals surface area (Å²) in [6, 6.07) is 0. The van der Waals surface area contributed by atoms with E-state index in [1.165, 1.54) is 38.2 Å². The Balaban J connectivity index is 3.87. The Bertz CT molecular complexity index is 360. The number of ketones is 1. The summed E-state index contributed by atoms with van der Waals surface area (Å²) in [5.41, 5.74) is 0. The molecule has 1 atom stereocenters. The van der Waals surface area contributed by atoms with E-state index in [1.54, 1.807) is 6.08 Å². The summed E-state index contributed by atoms with van der Waals surface area (Å²) >= 11 is 0. The van der Waals surface area contributed by atoms with Gasteiger partial charge < -0.3 is 10.2 Å². The van der Waals surface area contributed by atoms with E-state index in [2.05, 4.69) is 6.92 Å². The molecule has 0 aromatic rings. The third kappa shape index (κ3) is 10.8. The number of unbranched alkanes of at least 4 members (excludes halogenated alkanes) is 7. The van der Waals surface area contributed by atoms with E-state index in [-0.39, 0.29) is 0 Å². The minimum Gasteiger partial charge on any atom is -0.481 e. The Morgan fingerprint density at radius 3 is 2.05 bits per heavy atom. The maximum Gasteiger partial charge on any atom is 0.315 e. The Labute approximate surface area is 126 Å². The van der Waals surface area contributed by atoms with Gasteiger partial charge in [-0.1, -0.05) is 51.5 Å². The van der Waals surface area contributed by atoms with Crippen LogP contribution in [0, 0.1) is 5.92 Å². The molecule has 0 saturated heterocycles. The van der Waals surface area contributed by atoms with Crippen molar-refractivity contribution in [2.45, 2.75) is 64.7 Å². The van der Waals surface area contributed by atoms with Gasteiger partial charge in [0.25, 0.3) is 0 Å². The van der Waals surface area contributed by atoms with Crippen LogP contribution < -0.4 is 0 Å². The van der Waals surface area contributed by atoms with Crippen molar-refractivity contribution in [3.63, 3.8) is 0 Å². The van der Waals surface area contributed by atoms with Gasteiger partial charge in [0.2, 0.25) is 0 Å². The molecule has 0 aliphatic carbocycles. The van der Waals surface area contributed by atoms with Gasteiger partial charge in [-0.25, -0.2) is 0 Å². The zero-order valence-corrected chi connectivity index (χ0v) is 12.7. The summed E-state index contributed by atoms with van der Waals surface area (Å²) in [6.45, 7) is 2.18. The SMILES string of the molecule is CCCCCCCCCC=CC(=O)C(CC(=O)O)C(=O)O. The molecular weight excluding hydrogens is 272 g/mol. The molecule has 5 nitrogen and oxygen atoms in total. The number of hydrogen-bond acceptors (Lipinski definition) is 3. The number of aliphatic carboxylic acids is 2. The second-order valence-electron chi connectivity index (χ2n) is 5.20. The number of carbonyl (C=O) groups is 3. The van der Waals surface area contributed by atoms with Crippen LogP contribution in [-0.2, 0) is 14.4 Å². The fraction of sp³-hybridized carbons (Fsp3) is 0.688. The minimum absolute atomic E-state index is 0.646. The highest BCUT2D eigenvalue weighted by Gasteiger charge is 2.26. The van der Waals surface area contributed by atoms with Gasteiger partial charge >= 0.3 is 11.9 Å². The molecular formula is C16H26O5. The van der Waals surface area contributed by atoms with Crippen molar-refractivity contribution in [3.05, 3.63) is 12.2 Å². The Morgan fingerprint density at radius 1 is 0.952 bits per heavy atom. The first-order valence-electron chi connectivity index (χ1n) is 7.64. The van der Waals surface area contributed by atoms with Crippen molar-refractivity contribution in [2.75, 3.05) is 0 Å². The van der Waals surface area contributed by atoms with Gasteiger partial charge in [0.15, 0.2) is 5.78 Å². The molecule has 0 spiro atoms. The van der Waals surface area contributed by atoms with Crippen molar-refractivity contribution in [3.8, 4) is 0 Å². The van der Waals surface area contributed by atoms with Gasteiger partial charge in [-0.15, -0.1) is 0 Å². The summed E-state index contributed by atoms with van der Waals surface area (Å²) in [5.74, 6) is -4.79. The number of carboxylic acid groups (broad SMARTS) is 2. The number of carbonyl (C=O) groups excluding carboxylic acids is 1. The molecule has 0 aromatic carbocycles. The Hall–Kier alpha value is -1.65. The van der Waals surface area contributed by atoms with E-state index in [0.29, 0.717) is 0 Å². The van der Waals surface area contributed by atoms with E-state index in [9.17, 15) is 14.4 Å². The van der Waals surface area contributed by atoms with Crippen LogP contribution in [-0.4, -0.2) is 27.9 Å². The van der Waals surface area contributed by atoms with Gasteiger partial charge in [0.05, 0.1) is 6.42 Å². The molecule has 120 valence electrons. The van der Waals surface area contributed by atoms with Crippen LogP contribution in [0.25, 0.3) is 0 Å². The molecule has 0 heterocycles. The van der Waals surface area contributed by atoms with Gasteiger partial charge in [-0.2, -0.15) is 0 Å². The molecule has 0 rings (SSSR count). The Morgan fingerprint density at radius 2 is 1.52 bits per heavy atom. The molecule has 0 aromatic heterocycles. The second-order valence-corrected chi connectivity index (χ2v) is 5.20. The number of hydrogen-bond donors (Lipinski definition) is 2. The van der Waals surface area contributed by atoms with Crippen molar-refractivity contribution in [1.29, 1.82) is 0 Å². The van der Waals surface area contributed by atoms with Crippen LogP contribution in [0.2, 0.25) is 0 Å². The summed E-state index contributed by atoms with van der Waals surface area (Å²) in [5, 5.41) is 17.4. The molecule has 0 fully saturated rings. The molecule has 0 bridgehead atoms. The lowest BCUT2D eigenvalue weighted by Gasteiger charge is -2.05. The van der Waals surface area contributed by atoms with Gasteiger partial charge in [0.1, 0.15) is 5.92 Å². The number of carboxylic acids is 2. The standard InChI is InChI=1S/C16H26O5/c1-2-3-4-5-6-7-8-9-10-11-14(17)13(16(20)21)12-15(18)19/h10-11,13H,2-9,12H2,1H3,(H,18,19)(H,20,21). The van der Waals surface area contributed by atoms with Crippen LogP contribution in [0.3, 0.4) is 0 Å². The van der Waals surface area contributed by atoms with E-state index in [1.807, 2.05) is 0 Å². The third-order valence-electron chi connectivity index (χ3n) is 3.28. The van der Waals surface area contributed by atoms with Crippen molar-refractivity contribution >= 4 is 17.7 Å². The average Bonchev–Trinajstić information content (AvgIpc) is 2.42. The lowest BCUT2D eigenvalue weighted by atomic mass is 9.99. The largest absolute Gasteiger partial charge is 0.481 e.